The van der Waals surface area contributed by atoms with E-state index in [1.165, 1.54) is 22.7 Å². The predicted octanol–water partition coefficient (Wildman–Crippen LogP) is 5.77. The number of aryl methyl sites for hydroxylation is 1. The maximum atomic E-state index is 4.90. The van der Waals surface area contributed by atoms with Crippen LogP contribution in [-0.2, 0) is 0 Å². The average Bonchev–Trinajstić information content (AvgIpc) is 2.46. The molecule has 2 heterocycles. The zero-order valence-corrected chi connectivity index (χ0v) is 14.8. The molecule has 1 nitrogen and oxygen atoms in total. The highest BCUT2D eigenvalue weighted by Gasteiger charge is 2.32. The lowest BCUT2D eigenvalue weighted by molar-refractivity contribution is 0.387. The van der Waals surface area contributed by atoms with E-state index in [4.69, 9.17) is 4.98 Å². The van der Waals surface area contributed by atoms with Crippen LogP contribution >= 0.6 is 11.8 Å². The molecule has 0 saturated carbocycles. The van der Waals surface area contributed by atoms with Crippen LogP contribution in [0.5, 0.6) is 0 Å². The molecule has 0 bridgehead atoms. The molecule has 3 atom stereocenters. The van der Waals surface area contributed by atoms with Crippen molar-refractivity contribution in [1.29, 1.82) is 0 Å². The highest BCUT2D eigenvalue weighted by atomic mass is 32.2. The van der Waals surface area contributed by atoms with Crippen LogP contribution in [0.15, 0.2) is 11.1 Å². The Balaban J connectivity index is 2.63. The normalized spacial score (nSPS) is 26.8. The fraction of sp³-hybridized carbons (Fsp3) is 0.722. The van der Waals surface area contributed by atoms with Gasteiger partial charge in [-0.05, 0) is 54.2 Å². The van der Waals surface area contributed by atoms with Crippen molar-refractivity contribution in [2.75, 3.05) is 0 Å². The fourth-order valence-corrected chi connectivity index (χ4v) is 4.52. The third-order valence-electron chi connectivity index (χ3n) is 4.71. The Morgan fingerprint density at radius 2 is 1.85 bits per heavy atom. The molecule has 0 saturated heterocycles. The summed E-state index contributed by atoms with van der Waals surface area (Å²) in [6.07, 6.45) is 1.29. The van der Waals surface area contributed by atoms with Gasteiger partial charge in [-0.2, -0.15) is 0 Å². The van der Waals surface area contributed by atoms with E-state index in [9.17, 15) is 0 Å². The molecule has 1 aromatic rings. The molecular formula is C18H29NS. The first-order valence-corrected chi connectivity index (χ1v) is 8.87. The van der Waals surface area contributed by atoms with Crippen molar-refractivity contribution in [1.82, 2.24) is 4.98 Å². The van der Waals surface area contributed by atoms with Crippen molar-refractivity contribution in [2.24, 2.45) is 11.8 Å². The van der Waals surface area contributed by atoms with Crippen LogP contribution in [-0.4, -0.2) is 10.2 Å². The van der Waals surface area contributed by atoms with Crippen LogP contribution in [0.2, 0.25) is 0 Å². The van der Waals surface area contributed by atoms with E-state index in [0.717, 1.165) is 5.92 Å². The van der Waals surface area contributed by atoms with E-state index in [2.05, 4.69) is 54.5 Å². The molecule has 20 heavy (non-hydrogen) atoms. The van der Waals surface area contributed by atoms with Crippen LogP contribution in [0.25, 0.3) is 0 Å². The van der Waals surface area contributed by atoms with Gasteiger partial charge < -0.3 is 0 Å². The Morgan fingerprint density at radius 1 is 1.20 bits per heavy atom. The van der Waals surface area contributed by atoms with Crippen molar-refractivity contribution in [3.63, 3.8) is 0 Å². The molecule has 0 radical (unpaired) electrons. The van der Waals surface area contributed by atoms with E-state index in [-0.39, 0.29) is 0 Å². The second kappa shape index (κ2) is 6.09. The summed E-state index contributed by atoms with van der Waals surface area (Å²) in [5.41, 5.74) is 4.26. The molecule has 1 aromatic heterocycles. The van der Waals surface area contributed by atoms with Gasteiger partial charge in [0.1, 0.15) is 5.03 Å². The monoisotopic (exact) mass is 291 g/mol. The summed E-state index contributed by atoms with van der Waals surface area (Å²) in [6, 6.07) is 2.32. The van der Waals surface area contributed by atoms with Gasteiger partial charge in [-0.25, -0.2) is 4.98 Å². The number of nitrogens with zero attached hydrogens (tertiary/aromatic N) is 1. The first-order chi connectivity index (χ1) is 9.31. The molecule has 0 spiro atoms. The lowest BCUT2D eigenvalue weighted by Crippen LogP contribution is -2.16. The van der Waals surface area contributed by atoms with Gasteiger partial charge in [0.15, 0.2) is 0 Å². The van der Waals surface area contributed by atoms with Gasteiger partial charge in [-0.15, -0.1) is 11.8 Å². The van der Waals surface area contributed by atoms with Crippen molar-refractivity contribution in [3.8, 4) is 0 Å². The number of fused-ring (bicyclic) bond motifs is 1. The topological polar surface area (TPSA) is 12.9 Å². The van der Waals surface area contributed by atoms with E-state index >= 15 is 0 Å². The third kappa shape index (κ3) is 3.05. The van der Waals surface area contributed by atoms with E-state index in [1.807, 2.05) is 11.8 Å². The van der Waals surface area contributed by atoms with Crippen molar-refractivity contribution in [3.05, 3.63) is 22.9 Å². The predicted molar refractivity (Wildman–Crippen MR) is 89.7 cm³/mol. The SMILES string of the molecule is Cc1cc(C(C)C)c2c(n1)S[C@@H](C)[C@@H](C)CC2C(C)C. The molecule has 0 N–H and O–H groups in total. The Hall–Kier alpha value is -0.500. The summed E-state index contributed by atoms with van der Waals surface area (Å²) in [5.74, 6) is 2.67. The van der Waals surface area contributed by atoms with E-state index in [0.29, 0.717) is 23.0 Å². The Kier molecular flexibility index (Phi) is 4.84. The molecule has 2 heteroatoms. The molecule has 1 aliphatic heterocycles. The average molecular weight is 292 g/mol. The molecule has 1 unspecified atom stereocenters. The van der Waals surface area contributed by atoms with Gasteiger partial charge in [0, 0.05) is 10.9 Å². The van der Waals surface area contributed by atoms with Gasteiger partial charge >= 0.3 is 0 Å². The van der Waals surface area contributed by atoms with E-state index < -0.39 is 0 Å². The molecule has 0 aromatic carbocycles. The molecule has 112 valence electrons. The van der Waals surface area contributed by atoms with Crippen molar-refractivity contribution >= 4 is 11.8 Å². The number of thioether (sulfide) groups is 1. The first-order valence-electron chi connectivity index (χ1n) is 7.99. The Labute approximate surface area is 129 Å². The minimum absolute atomic E-state index is 0.580. The lowest BCUT2D eigenvalue weighted by Gasteiger charge is -2.27. The highest BCUT2D eigenvalue weighted by molar-refractivity contribution is 7.99. The summed E-state index contributed by atoms with van der Waals surface area (Å²) in [6.45, 7) is 16.3. The van der Waals surface area contributed by atoms with Crippen LogP contribution in [0.1, 0.15) is 76.6 Å². The largest absolute Gasteiger partial charge is 0.247 e. The molecule has 2 rings (SSSR count). The standard InChI is InChI=1S/C18H29NS/c1-10(2)15-8-12(5)14(7)20-18-17(15)16(11(3)4)9-13(6)19-18/h9-12,14-15H,8H2,1-7H3/t12-,14-,15?/m0/s1. The number of hydrogen-bond donors (Lipinski definition) is 0. The van der Waals surface area contributed by atoms with Gasteiger partial charge in [-0.3, -0.25) is 0 Å². The minimum Gasteiger partial charge on any atom is -0.247 e. The Bertz CT molecular complexity index is 479. The maximum Gasteiger partial charge on any atom is 0.100 e. The molecule has 0 amide bonds. The number of rotatable bonds is 2. The van der Waals surface area contributed by atoms with Gasteiger partial charge in [0.05, 0.1) is 0 Å². The fourth-order valence-electron chi connectivity index (χ4n) is 3.23. The molecule has 1 aliphatic rings. The number of pyridine rings is 1. The highest BCUT2D eigenvalue weighted by Crippen LogP contribution is 2.46. The van der Waals surface area contributed by atoms with Crippen LogP contribution in [0, 0.1) is 18.8 Å². The first kappa shape index (κ1) is 15.9. The lowest BCUT2D eigenvalue weighted by atomic mass is 9.78. The zero-order valence-electron chi connectivity index (χ0n) is 14.0. The second-order valence-electron chi connectivity index (χ2n) is 7.11. The summed E-state index contributed by atoms with van der Waals surface area (Å²) in [7, 11) is 0. The Morgan fingerprint density at radius 3 is 2.40 bits per heavy atom. The molecule has 0 aliphatic carbocycles. The van der Waals surface area contributed by atoms with Crippen molar-refractivity contribution < 1.29 is 0 Å². The summed E-state index contributed by atoms with van der Waals surface area (Å²) in [5, 5.41) is 1.97. The molecular weight excluding hydrogens is 262 g/mol. The van der Waals surface area contributed by atoms with Crippen molar-refractivity contribution in [2.45, 2.75) is 77.0 Å². The van der Waals surface area contributed by atoms with Crippen LogP contribution in [0.3, 0.4) is 0 Å². The number of hydrogen-bond acceptors (Lipinski definition) is 2. The third-order valence-corrected chi connectivity index (χ3v) is 6.08. The maximum absolute atomic E-state index is 4.90. The summed E-state index contributed by atoms with van der Waals surface area (Å²) < 4.78 is 0. The van der Waals surface area contributed by atoms with Gasteiger partial charge in [0.2, 0.25) is 0 Å². The van der Waals surface area contributed by atoms with Crippen LogP contribution < -0.4 is 0 Å². The van der Waals surface area contributed by atoms with Crippen LogP contribution in [0.4, 0.5) is 0 Å². The van der Waals surface area contributed by atoms with Gasteiger partial charge in [-0.1, -0.05) is 41.5 Å². The minimum atomic E-state index is 0.580. The second-order valence-corrected chi connectivity index (χ2v) is 8.48. The zero-order chi connectivity index (χ0) is 15.0. The molecule has 0 fully saturated rings. The van der Waals surface area contributed by atoms with Gasteiger partial charge in [0.25, 0.3) is 0 Å². The number of aromatic nitrogens is 1. The summed E-state index contributed by atoms with van der Waals surface area (Å²) in [4.78, 5) is 4.90. The van der Waals surface area contributed by atoms with E-state index in [1.54, 1.807) is 5.56 Å². The smallest absolute Gasteiger partial charge is 0.100 e. The quantitative estimate of drug-likeness (QED) is 0.685. The summed E-state index contributed by atoms with van der Waals surface area (Å²) >= 11 is 2.00.